The van der Waals surface area contributed by atoms with Crippen molar-refractivity contribution in [3.05, 3.63) is 39.9 Å². The number of benzene rings is 1. The van der Waals surface area contributed by atoms with Crippen LogP contribution in [0, 0.1) is 0 Å². The highest BCUT2D eigenvalue weighted by Gasteiger charge is 2.12. The number of rotatable bonds is 2. The van der Waals surface area contributed by atoms with Gasteiger partial charge in [0.2, 0.25) is 0 Å². The number of hydrogen-bond acceptors (Lipinski definition) is 1. The number of halogens is 2. The van der Waals surface area contributed by atoms with Crippen LogP contribution in [0.5, 0.6) is 0 Å². The molecule has 1 aromatic carbocycles. The van der Waals surface area contributed by atoms with Crippen molar-refractivity contribution in [1.82, 2.24) is 0 Å². The molecule has 0 radical (unpaired) electrons. The summed E-state index contributed by atoms with van der Waals surface area (Å²) in [5.41, 5.74) is 0.450. The second kappa shape index (κ2) is 3.81. The van der Waals surface area contributed by atoms with Crippen LogP contribution in [-0.4, -0.2) is 11.1 Å². The molecule has 0 aliphatic heterocycles. The lowest BCUT2D eigenvalue weighted by molar-refractivity contribution is 0.0696. The summed E-state index contributed by atoms with van der Waals surface area (Å²) in [7, 11) is 0. The van der Waals surface area contributed by atoms with Gasteiger partial charge in [0, 0.05) is 5.56 Å². The van der Waals surface area contributed by atoms with Crippen LogP contribution in [0.2, 0.25) is 10.0 Å². The Kier molecular flexibility index (Phi) is 2.96. The highest BCUT2D eigenvalue weighted by atomic mass is 35.5. The second-order valence-corrected chi connectivity index (χ2v) is 3.12. The Morgan fingerprint density at radius 1 is 1.46 bits per heavy atom. The number of hydrogen-bond donors (Lipinski definition) is 1. The van der Waals surface area contributed by atoms with Gasteiger partial charge in [-0.05, 0) is 12.1 Å². The average molecular weight is 217 g/mol. The normalized spacial score (nSPS) is 9.69. The maximum Gasteiger partial charge on any atom is 0.336 e. The van der Waals surface area contributed by atoms with E-state index in [9.17, 15) is 4.79 Å². The van der Waals surface area contributed by atoms with Crippen LogP contribution < -0.4 is 0 Å². The topological polar surface area (TPSA) is 37.3 Å². The first-order valence-electron chi connectivity index (χ1n) is 3.41. The Morgan fingerprint density at radius 3 is 2.54 bits per heavy atom. The lowest BCUT2D eigenvalue weighted by atomic mass is 10.1. The van der Waals surface area contributed by atoms with Crippen LogP contribution in [0.4, 0.5) is 0 Å². The van der Waals surface area contributed by atoms with Gasteiger partial charge in [-0.2, -0.15) is 0 Å². The summed E-state index contributed by atoms with van der Waals surface area (Å²) in [4.78, 5) is 10.7. The maximum atomic E-state index is 10.7. The van der Waals surface area contributed by atoms with Crippen molar-refractivity contribution in [2.75, 3.05) is 0 Å². The largest absolute Gasteiger partial charge is 0.478 e. The number of carboxylic acids is 1. The van der Waals surface area contributed by atoms with E-state index in [1.807, 2.05) is 0 Å². The quantitative estimate of drug-likeness (QED) is 0.824. The van der Waals surface area contributed by atoms with Gasteiger partial charge in [-0.3, -0.25) is 0 Å². The number of carbonyl (C=O) groups is 1. The van der Waals surface area contributed by atoms with Crippen molar-refractivity contribution in [3.63, 3.8) is 0 Å². The molecule has 0 unspecified atom stereocenters. The van der Waals surface area contributed by atoms with Gasteiger partial charge in [0.1, 0.15) is 0 Å². The van der Waals surface area contributed by atoms with Crippen LogP contribution in [-0.2, 0) is 0 Å². The first-order chi connectivity index (χ1) is 6.07. The molecule has 68 valence electrons. The summed E-state index contributed by atoms with van der Waals surface area (Å²) in [5.74, 6) is -1.05. The molecule has 13 heavy (non-hydrogen) atoms. The van der Waals surface area contributed by atoms with Gasteiger partial charge in [0.05, 0.1) is 15.6 Å². The van der Waals surface area contributed by atoms with Gasteiger partial charge in [-0.25, -0.2) is 4.79 Å². The Hall–Kier alpha value is -0.990. The summed E-state index contributed by atoms with van der Waals surface area (Å²) < 4.78 is 0. The molecule has 4 heteroatoms. The summed E-state index contributed by atoms with van der Waals surface area (Å²) >= 11 is 11.5. The third-order valence-electron chi connectivity index (χ3n) is 1.57. The third kappa shape index (κ3) is 1.85. The molecule has 0 heterocycles. The van der Waals surface area contributed by atoms with E-state index in [0.717, 1.165) is 0 Å². The predicted octanol–water partition coefficient (Wildman–Crippen LogP) is 3.33. The molecule has 0 aliphatic rings. The highest BCUT2D eigenvalue weighted by molar-refractivity contribution is 6.43. The Bertz CT molecular complexity index is 372. The number of aromatic carboxylic acids is 1. The van der Waals surface area contributed by atoms with E-state index in [0.29, 0.717) is 10.6 Å². The molecule has 1 rings (SSSR count). The lowest BCUT2D eigenvalue weighted by Gasteiger charge is -2.04. The second-order valence-electron chi connectivity index (χ2n) is 2.33. The minimum atomic E-state index is -1.05. The molecule has 2 nitrogen and oxygen atoms in total. The van der Waals surface area contributed by atoms with Gasteiger partial charge in [-0.15, -0.1) is 0 Å². The molecule has 0 spiro atoms. The summed E-state index contributed by atoms with van der Waals surface area (Å²) in [6.45, 7) is 3.47. The van der Waals surface area contributed by atoms with Gasteiger partial charge < -0.3 is 5.11 Å². The van der Waals surface area contributed by atoms with E-state index in [-0.39, 0.29) is 10.6 Å². The fourth-order valence-corrected chi connectivity index (χ4v) is 1.36. The standard InChI is InChI=1S/C9H6Cl2O2/c1-2-5-6(9(12)13)3-4-7(10)8(5)11/h2-4H,1H2,(H,12,13). The van der Waals surface area contributed by atoms with E-state index in [1.165, 1.54) is 18.2 Å². The zero-order valence-corrected chi connectivity index (χ0v) is 8.06. The summed E-state index contributed by atoms with van der Waals surface area (Å²) in [6, 6.07) is 2.84. The van der Waals surface area contributed by atoms with Crippen molar-refractivity contribution in [2.24, 2.45) is 0 Å². The molecule has 0 atom stereocenters. The third-order valence-corrected chi connectivity index (χ3v) is 2.39. The van der Waals surface area contributed by atoms with Crippen molar-refractivity contribution >= 4 is 35.2 Å². The van der Waals surface area contributed by atoms with Crippen LogP contribution in [0.15, 0.2) is 18.7 Å². The Morgan fingerprint density at radius 2 is 2.08 bits per heavy atom. The van der Waals surface area contributed by atoms with E-state index >= 15 is 0 Å². The number of carboxylic acid groups (broad SMARTS) is 1. The smallest absolute Gasteiger partial charge is 0.336 e. The van der Waals surface area contributed by atoms with Gasteiger partial charge in [0.25, 0.3) is 0 Å². The summed E-state index contributed by atoms with van der Waals surface area (Å²) in [6.07, 6.45) is 1.37. The zero-order chi connectivity index (χ0) is 10.0. The first-order valence-corrected chi connectivity index (χ1v) is 4.17. The van der Waals surface area contributed by atoms with Crippen LogP contribution >= 0.6 is 23.2 Å². The van der Waals surface area contributed by atoms with Gasteiger partial charge in [0.15, 0.2) is 0 Å². The van der Waals surface area contributed by atoms with Crippen molar-refractivity contribution in [3.8, 4) is 0 Å². The lowest BCUT2D eigenvalue weighted by Crippen LogP contribution is -1.99. The van der Waals surface area contributed by atoms with Crippen molar-refractivity contribution in [2.45, 2.75) is 0 Å². The van der Waals surface area contributed by atoms with E-state index in [4.69, 9.17) is 28.3 Å². The van der Waals surface area contributed by atoms with Crippen LogP contribution in [0.25, 0.3) is 6.08 Å². The molecule has 0 amide bonds. The minimum Gasteiger partial charge on any atom is -0.478 e. The fourth-order valence-electron chi connectivity index (χ4n) is 0.952. The zero-order valence-electron chi connectivity index (χ0n) is 6.55. The monoisotopic (exact) mass is 216 g/mol. The SMILES string of the molecule is C=Cc1c(C(=O)O)ccc(Cl)c1Cl. The Labute approximate surface area is 85.4 Å². The van der Waals surface area contributed by atoms with Crippen LogP contribution in [0.1, 0.15) is 15.9 Å². The minimum absolute atomic E-state index is 0.101. The Balaban J connectivity index is 3.47. The molecule has 0 aromatic heterocycles. The molecule has 0 saturated heterocycles. The molecule has 0 bridgehead atoms. The van der Waals surface area contributed by atoms with E-state index in [1.54, 1.807) is 0 Å². The summed E-state index contributed by atoms with van der Waals surface area (Å²) in [5, 5.41) is 9.30. The van der Waals surface area contributed by atoms with Crippen molar-refractivity contribution in [1.29, 1.82) is 0 Å². The fraction of sp³-hybridized carbons (Fsp3) is 0. The molecule has 0 fully saturated rings. The highest BCUT2D eigenvalue weighted by Crippen LogP contribution is 2.29. The van der Waals surface area contributed by atoms with Gasteiger partial charge >= 0.3 is 5.97 Å². The molecular weight excluding hydrogens is 211 g/mol. The predicted molar refractivity (Wildman–Crippen MR) is 53.5 cm³/mol. The van der Waals surface area contributed by atoms with E-state index < -0.39 is 5.97 Å². The molecule has 1 aromatic rings. The van der Waals surface area contributed by atoms with E-state index in [2.05, 4.69) is 6.58 Å². The maximum absolute atomic E-state index is 10.7. The van der Waals surface area contributed by atoms with Crippen LogP contribution in [0.3, 0.4) is 0 Å². The average Bonchev–Trinajstić information content (AvgIpc) is 2.09. The molecular formula is C9H6Cl2O2. The van der Waals surface area contributed by atoms with Gasteiger partial charge in [-0.1, -0.05) is 35.9 Å². The molecule has 0 saturated carbocycles. The van der Waals surface area contributed by atoms with Crippen molar-refractivity contribution < 1.29 is 9.90 Å². The molecule has 0 aliphatic carbocycles. The first kappa shape index (κ1) is 10.1. The molecule has 1 N–H and O–H groups in total.